The first-order valence-corrected chi connectivity index (χ1v) is 16.7. The zero-order valence-electron chi connectivity index (χ0n) is 27.1. The first-order valence-electron chi connectivity index (χ1n) is 16.7. The van der Waals surface area contributed by atoms with E-state index in [-0.39, 0.29) is 30.0 Å². The molecule has 4 rings (SSSR count). The average molecular weight is 626 g/mol. The van der Waals surface area contributed by atoms with Gasteiger partial charge in [0.25, 0.3) is 11.7 Å². The predicted octanol–water partition coefficient (Wildman–Crippen LogP) is 4.87. The molecule has 9 nitrogen and oxygen atoms in total. The standard InChI is InChI=1S/C36H51NO8/c1-5-27(21-26-14-12-15-28(38)22-26)31-17-9-7-6-8-13-23(2)32(39)25(4)30-19-18-24(3)36(43,45-30)33(40)34(41)37-20-11-10-16-29(37)35(42)44-31/h6,8-9,12,14-15,17,22-25,27,29-32,38-39,43H,5,7,10-11,13,16,18-21H2,1-4H3/b8-6-,17-9-/t23-,24-,25+,27-,29+,30+,31+,32+,36-/m1/s1. The highest BCUT2D eigenvalue weighted by Gasteiger charge is 2.54. The Morgan fingerprint density at radius 1 is 1.04 bits per heavy atom. The van der Waals surface area contributed by atoms with Gasteiger partial charge in [0.15, 0.2) is 0 Å². The van der Waals surface area contributed by atoms with Gasteiger partial charge < -0.3 is 29.7 Å². The van der Waals surface area contributed by atoms with Crippen molar-refractivity contribution in [3.05, 3.63) is 54.1 Å². The average Bonchev–Trinajstić information content (AvgIpc) is 3.04. The van der Waals surface area contributed by atoms with Crippen LogP contribution in [0.3, 0.4) is 0 Å². The Morgan fingerprint density at radius 2 is 1.82 bits per heavy atom. The number of nitrogens with zero attached hydrogens (tertiary/aromatic N) is 1. The lowest BCUT2D eigenvalue weighted by molar-refractivity contribution is -0.274. The second-order valence-electron chi connectivity index (χ2n) is 13.3. The highest BCUT2D eigenvalue weighted by Crippen LogP contribution is 2.38. The number of carbonyl (C=O) groups excluding carboxylic acids is 3. The minimum Gasteiger partial charge on any atom is -0.508 e. The number of allylic oxidation sites excluding steroid dienone is 3. The third kappa shape index (κ3) is 8.23. The van der Waals surface area contributed by atoms with Crippen molar-refractivity contribution in [3.63, 3.8) is 0 Å². The Bertz CT molecular complexity index is 1250. The van der Waals surface area contributed by atoms with Gasteiger partial charge in [-0.2, -0.15) is 0 Å². The van der Waals surface area contributed by atoms with Gasteiger partial charge in [0, 0.05) is 24.3 Å². The number of fused-ring (bicyclic) bond motifs is 3. The Kier molecular flexibility index (Phi) is 12.0. The summed E-state index contributed by atoms with van der Waals surface area (Å²) >= 11 is 0. The maximum Gasteiger partial charge on any atom is 0.329 e. The van der Waals surface area contributed by atoms with Crippen molar-refractivity contribution in [2.24, 2.45) is 23.7 Å². The number of amides is 1. The van der Waals surface area contributed by atoms with Crippen LogP contribution in [0.2, 0.25) is 0 Å². The van der Waals surface area contributed by atoms with E-state index in [2.05, 4.69) is 0 Å². The molecule has 0 aromatic heterocycles. The van der Waals surface area contributed by atoms with E-state index in [1.54, 1.807) is 25.1 Å². The summed E-state index contributed by atoms with van der Waals surface area (Å²) in [6.07, 6.45) is 11.0. The molecule has 1 aromatic rings. The summed E-state index contributed by atoms with van der Waals surface area (Å²) in [6, 6.07) is 6.05. The molecular formula is C36H51NO8. The van der Waals surface area contributed by atoms with Crippen LogP contribution in [0, 0.1) is 23.7 Å². The smallest absolute Gasteiger partial charge is 0.329 e. The summed E-state index contributed by atoms with van der Waals surface area (Å²) in [6.45, 7) is 7.69. The first kappa shape index (κ1) is 34.9. The van der Waals surface area contributed by atoms with Gasteiger partial charge in [-0.1, -0.05) is 58.1 Å². The van der Waals surface area contributed by atoms with Crippen LogP contribution in [0.4, 0.5) is 0 Å². The van der Waals surface area contributed by atoms with Crippen LogP contribution in [-0.4, -0.2) is 74.6 Å². The highest BCUT2D eigenvalue weighted by atomic mass is 16.6. The molecule has 0 radical (unpaired) electrons. The third-order valence-electron chi connectivity index (χ3n) is 10.1. The molecule has 3 heterocycles. The molecule has 0 unspecified atom stereocenters. The molecule has 3 N–H and O–H groups in total. The Balaban J connectivity index is 1.67. The minimum absolute atomic E-state index is 0.106. The molecule has 3 aliphatic rings. The number of esters is 1. The topological polar surface area (TPSA) is 134 Å². The summed E-state index contributed by atoms with van der Waals surface area (Å²) in [4.78, 5) is 42.6. The van der Waals surface area contributed by atoms with Crippen molar-refractivity contribution in [2.75, 3.05) is 6.54 Å². The van der Waals surface area contributed by atoms with Crippen molar-refractivity contribution >= 4 is 17.7 Å². The summed E-state index contributed by atoms with van der Waals surface area (Å²) in [5.74, 6) is -6.04. The predicted molar refractivity (Wildman–Crippen MR) is 170 cm³/mol. The molecule has 2 bridgehead atoms. The Labute approximate surface area is 267 Å². The fourth-order valence-electron chi connectivity index (χ4n) is 6.93. The fourth-order valence-corrected chi connectivity index (χ4v) is 6.93. The van der Waals surface area contributed by atoms with Crippen molar-refractivity contribution < 1.29 is 39.2 Å². The molecule has 1 aromatic carbocycles. The van der Waals surface area contributed by atoms with Crippen LogP contribution >= 0.6 is 0 Å². The normalized spacial score (nSPS) is 36.1. The van der Waals surface area contributed by atoms with Gasteiger partial charge in [-0.25, -0.2) is 4.79 Å². The Hall–Kier alpha value is -3.01. The van der Waals surface area contributed by atoms with Gasteiger partial charge >= 0.3 is 5.97 Å². The van der Waals surface area contributed by atoms with Crippen molar-refractivity contribution in [1.29, 1.82) is 0 Å². The van der Waals surface area contributed by atoms with Gasteiger partial charge in [-0.15, -0.1) is 0 Å². The number of cyclic esters (lactones) is 1. The van der Waals surface area contributed by atoms with E-state index in [4.69, 9.17) is 9.47 Å². The molecule has 2 saturated heterocycles. The molecule has 3 aliphatic heterocycles. The summed E-state index contributed by atoms with van der Waals surface area (Å²) < 4.78 is 12.2. The first-order chi connectivity index (χ1) is 21.5. The number of phenols is 1. The van der Waals surface area contributed by atoms with Crippen LogP contribution in [0.15, 0.2) is 48.6 Å². The SMILES string of the molecule is CC[C@H](Cc1cccc(O)c1)[C@@H]1/C=C\C/C=C\C[C@@H](C)[C@H](O)[C@@H](C)[C@@H]2CC[C@@H](C)[C@@](O)(O2)C(=O)C(=O)N2CCCC[C@H]2C(=O)O1. The van der Waals surface area contributed by atoms with E-state index in [1.165, 1.54) is 4.90 Å². The van der Waals surface area contributed by atoms with Crippen LogP contribution < -0.4 is 0 Å². The van der Waals surface area contributed by atoms with E-state index in [0.717, 1.165) is 5.56 Å². The van der Waals surface area contributed by atoms with E-state index < -0.39 is 53.7 Å². The van der Waals surface area contributed by atoms with Crippen molar-refractivity contribution in [3.8, 4) is 5.75 Å². The molecule has 2 fully saturated rings. The van der Waals surface area contributed by atoms with Gasteiger partial charge in [-0.05, 0) is 87.5 Å². The van der Waals surface area contributed by atoms with Crippen LogP contribution in [0.25, 0.3) is 0 Å². The van der Waals surface area contributed by atoms with Crippen molar-refractivity contribution in [2.45, 2.75) is 116 Å². The molecular weight excluding hydrogens is 574 g/mol. The number of aliphatic hydroxyl groups excluding tert-OH is 1. The largest absolute Gasteiger partial charge is 0.508 e. The number of aliphatic hydroxyl groups is 2. The lowest BCUT2D eigenvalue weighted by atomic mass is 9.80. The number of hydrogen-bond acceptors (Lipinski definition) is 8. The Morgan fingerprint density at radius 3 is 2.56 bits per heavy atom. The second kappa shape index (κ2) is 15.5. The van der Waals surface area contributed by atoms with Gasteiger partial charge in [0.2, 0.25) is 5.79 Å². The zero-order chi connectivity index (χ0) is 32.7. The molecule has 9 atom stereocenters. The van der Waals surface area contributed by atoms with Gasteiger partial charge in [0.05, 0.1) is 12.2 Å². The number of piperidine rings is 1. The van der Waals surface area contributed by atoms with Crippen LogP contribution in [0.5, 0.6) is 5.75 Å². The highest BCUT2D eigenvalue weighted by molar-refractivity contribution is 6.39. The number of phenolic OH excluding ortho intramolecular Hbond substituents is 1. The van der Waals surface area contributed by atoms with Crippen LogP contribution in [-0.2, 0) is 30.3 Å². The van der Waals surface area contributed by atoms with E-state index in [1.807, 2.05) is 51.1 Å². The maximum atomic E-state index is 13.8. The molecule has 1 amide bonds. The molecule has 0 spiro atoms. The summed E-state index contributed by atoms with van der Waals surface area (Å²) in [5.41, 5.74) is 0.914. The fraction of sp³-hybridized carbons (Fsp3) is 0.639. The number of ether oxygens (including phenoxy) is 2. The number of hydrogen-bond donors (Lipinski definition) is 3. The lowest BCUT2D eigenvalue weighted by Gasteiger charge is -2.44. The number of carbonyl (C=O) groups is 3. The number of ketones is 1. The maximum absolute atomic E-state index is 13.8. The van der Waals surface area contributed by atoms with E-state index in [0.29, 0.717) is 57.8 Å². The number of aromatic hydroxyl groups is 1. The third-order valence-corrected chi connectivity index (χ3v) is 10.1. The molecule has 0 saturated carbocycles. The van der Waals surface area contributed by atoms with E-state index >= 15 is 0 Å². The van der Waals surface area contributed by atoms with Crippen LogP contribution in [0.1, 0.15) is 84.6 Å². The quantitative estimate of drug-likeness (QED) is 0.245. The zero-order valence-corrected chi connectivity index (χ0v) is 27.1. The second-order valence-corrected chi connectivity index (χ2v) is 13.3. The van der Waals surface area contributed by atoms with Gasteiger partial charge in [-0.3, -0.25) is 9.59 Å². The minimum atomic E-state index is -2.36. The van der Waals surface area contributed by atoms with E-state index in [9.17, 15) is 29.7 Å². The summed E-state index contributed by atoms with van der Waals surface area (Å²) in [7, 11) is 0. The molecule has 0 aliphatic carbocycles. The van der Waals surface area contributed by atoms with Gasteiger partial charge in [0.1, 0.15) is 17.9 Å². The number of rotatable bonds is 4. The number of benzene rings is 1. The molecule has 248 valence electrons. The molecule has 45 heavy (non-hydrogen) atoms. The monoisotopic (exact) mass is 625 g/mol. The van der Waals surface area contributed by atoms with Crippen molar-refractivity contribution in [1.82, 2.24) is 4.90 Å². The summed E-state index contributed by atoms with van der Waals surface area (Å²) in [5, 5.41) is 32.8. The lowest BCUT2D eigenvalue weighted by Crippen LogP contribution is -2.61. The molecule has 9 heteroatoms. The number of Topliss-reactive ketones (excluding diaryl/α,β-unsaturated/α-hetero) is 1.